The van der Waals surface area contributed by atoms with E-state index in [2.05, 4.69) is 10.0 Å². The van der Waals surface area contributed by atoms with E-state index >= 15 is 0 Å². The van der Waals surface area contributed by atoms with Gasteiger partial charge in [0.05, 0.1) is 18.0 Å². The Kier molecular flexibility index (Phi) is 5.87. The Balaban J connectivity index is 1.79. The zero-order chi connectivity index (χ0) is 15.1. The molecule has 21 heavy (non-hydrogen) atoms. The largest absolute Gasteiger partial charge is 0.492 e. The second-order valence-corrected chi connectivity index (χ2v) is 7.13. The molecule has 0 saturated heterocycles. The number of nitrogens with one attached hydrogen (secondary N) is 2. The van der Waals surface area contributed by atoms with E-state index in [4.69, 9.17) is 4.74 Å². The monoisotopic (exact) mass is 312 g/mol. The number of rotatable bonds is 10. The van der Waals surface area contributed by atoms with Gasteiger partial charge in [-0.05, 0) is 51.3 Å². The molecule has 0 bridgehead atoms. The highest BCUT2D eigenvalue weighted by atomic mass is 32.2. The molecule has 0 unspecified atom stereocenters. The maximum Gasteiger partial charge on any atom is 0.232 e. The Morgan fingerprint density at radius 2 is 2.00 bits per heavy atom. The predicted octanol–water partition coefficient (Wildman–Crippen LogP) is 2.36. The fraction of sp³-hybridized carbons (Fsp3) is 0.600. The van der Waals surface area contributed by atoms with E-state index in [0.717, 1.165) is 13.0 Å². The number of sulfonamides is 1. The Morgan fingerprint density at radius 3 is 2.71 bits per heavy atom. The molecule has 6 heteroatoms. The summed E-state index contributed by atoms with van der Waals surface area (Å²) in [5.41, 5.74) is 0.510. The van der Waals surface area contributed by atoms with E-state index in [1.54, 1.807) is 18.2 Å². The number of para-hydroxylation sites is 2. The lowest BCUT2D eigenvalue weighted by Gasteiger charge is -2.12. The van der Waals surface area contributed by atoms with E-state index in [0.29, 0.717) is 30.5 Å². The summed E-state index contributed by atoms with van der Waals surface area (Å²) in [5.74, 6) is 0.707. The minimum absolute atomic E-state index is 0.139. The van der Waals surface area contributed by atoms with Gasteiger partial charge in [0, 0.05) is 6.04 Å². The van der Waals surface area contributed by atoms with Crippen molar-refractivity contribution in [3.8, 4) is 5.75 Å². The molecule has 0 aromatic heterocycles. The summed E-state index contributed by atoms with van der Waals surface area (Å²) in [6, 6.07) is 7.78. The van der Waals surface area contributed by atoms with Gasteiger partial charge in [-0.3, -0.25) is 4.72 Å². The van der Waals surface area contributed by atoms with Crippen molar-refractivity contribution in [2.45, 2.75) is 38.6 Å². The van der Waals surface area contributed by atoms with Crippen LogP contribution in [-0.2, 0) is 10.0 Å². The Bertz CT molecular complexity index is 542. The molecule has 0 aliphatic heterocycles. The van der Waals surface area contributed by atoms with E-state index in [1.807, 2.05) is 13.0 Å². The van der Waals surface area contributed by atoms with Gasteiger partial charge in [-0.2, -0.15) is 0 Å². The Hall–Kier alpha value is -1.27. The van der Waals surface area contributed by atoms with Gasteiger partial charge >= 0.3 is 0 Å². The molecule has 2 rings (SSSR count). The minimum atomic E-state index is -3.32. The molecule has 0 spiro atoms. The summed E-state index contributed by atoms with van der Waals surface area (Å²) < 4.78 is 32.2. The molecule has 0 amide bonds. The molecule has 1 aromatic rings. The third-order valence-corrected chi connectivity index (χ3v) is 4.66. The van der Waals surface area contributed by atoms with Crippen molar-refractivity contribution in [1.82, 2.24) is 5.32 Å². The van der Waals surface area contributed by atoms with Crippen LogP contribution in [-0.4, -0.2) is 33.4 Å². The van der Waals surface area contributed by atoms with Crippen LogP contribution in [0, 0.1) is 0 Å². The summed E-state index contributed by atoms with van der Waals surface area (Å²) in [7, 11) is -3.32. The van der Waals surface area contributed by atoms with Gasteiger partial charge in [0.25, 0.3) is 0 Å². The molecule has 1 aliphatic rings. The van der Waals surface area contributed by atoms with Gasteiger partial charge in [0.15, 0.2) is 0 Å². The van der Waals surface area contributed by atoms with Crippen molar-refractivity contribution in [2.24, 2.45) is 0 Å². The van der Waals surface area contributed by atoms with Crippen LogP contribution in [0.5, 0.6) is 5.75 Å². The molecule has 0 radical (unpaired) electrons. The molecule has 2 N–H and O–H groups in total. The number of unbranched alkanes of at least 4 members (excludes halogenated alkanes) is 1. The second-order valence-electron chi connectivity index (χ2n) is 5.29. The summed E-state index contributed by atoms with van der Waals surface area (Å²) in [6.45, 7) is 3.28. The smallest absolute Gasteiger partial charge is 0.232 e. The molecule has 0 atom stereocenters. The van der Waals surface area contributed by atoms with Gasteiger partial charge in [-0.1, -0.05) is 12.1 Å². The highest BCUT2D eigenvalue weighted by Gasteiger charge is 2.19. The summed E-state index contributed by atoms with van der Waals surface area (Å²) in [6.07, 6.45) is 4.05. The second kappa shape index (κ2) is 7.66. The van der Waals surface area contributed by atoms with E-state index in [1.165, 1.54) is 12.8 Å². The first kappa shape index (κ1) is 16.1. The lowest BCUT2D eigenvalue weighted by atomic mass is 10.3. The van der Waals surface area contributed by atoms with Crippen molar-refractivity contribution in [2.75, 3.05) is 23.6 Å². The first-order valence-electron chi connectivity index (χ1n) is 7.56. The molecule has 118 valence electrons. The van der Waals surface area contributed by atoms with Crippen LogP contribution in [0.2, 0.25) is 0 Å². The van der Waals surface area contributed by atoms with Crippen molar-refractivity contribution in [1.29, 1.82) is 0 Å². The summed E-state index contributed by atoms with van der Waals surface area (Å²) in [4.78, 5) is 0. The van der Waals surface area contributed by atoms with Crippen molar-refractivity contribution in [3.05, 3.63) is 24.3 Å². The molecule has 5 nitrogen and oxygen atoms in total. The maximum atomic E-state index is 12.1. The van der Waals surface area contributed by atoms with Crippen LogP contribution in [0.25, 0.3) is 0 Å². The third kappa shape index (κ3) is 5.93. The van der Waals surface area contributed by atoms with Gasteiger partial charge < -0.3 is 10.1 Å². The fourth-order valence-corrected chi connectivity index (χ4v) is 3.25. The molecule has 1 saturated carbocycles. The highest BCUT2D eigenvalue weighted by Crippen LogP contribution is 2.25. The highest BCUT2D eigenvalue weighted by molar-refractivity contribution is 7.92. The van der Waals surface area contributed by atoms with Crippen LogP contribution >= 0.6 is 0 Å². The van der Waals surface area contributed by atoms with Crippen LogP contribution < -0.4 is 14.8 Å². The zero-order valence-electron chi connectivity index (χ0n) is 12.5. The van der Waals surface area contributed by atoms with Crippen molar-refractivity contribution < 1.29 is 13.2 Å². The standard InChI is InChI=1S/C15H24N2O3S/c1-2-20-15-8-4-3-7-14(15)17-21(18,19)12-6-5-11-16-13-9-10-13/h3-4,7-8,13,16-17H,2,5-6,9-12H2,1H3. The molecule has 1 aliphatic carbocycles. The quantitative estimate of drug-likeness (QED) is 0.651. The van der Waals surface area contributed by atoms with Gasteiger partial charge in [-0.25, -0.2) is 8.42 Å². The van der Waals surface area contributed by atoms with Crippen LogP contribution in [0.1, 0.15) is 32.6 Å². The number of anilines is 1. The number of benzene rings is 1. The molecular weight excluding hydrogens is 288 g/mol. The number of hydrogen-bond donors (Lipinski definition) is 2. The molecular formula is C15H24N2O3S. The maximum absolute atomic E-state index is 12.1. The first-order chi connectivity index (χ1) is 10.1. The average Bonchev–Trinajstić information content (AvgIpc) is 3.25. The minimum Gasteiger partial charge on any atom is -0.492 e. The van der Waals surface area contributed by atoms with Gasteiger partial charge in [-0.15, -0.1) is 0 Å². The van der Waals surface area contributed by atoms with Crippen LogP contribution in [0.4, 0.5) is 5.69 Å². The van der Waals surface area contributed by atoms with Gasteiger partial charge in [0.1, 0.15) is 5.75 Å². The lowest BCUT2D eigenvalue weighted by molar-refractivity contribution is 0.342. The molecule has 1 aromatic carbocycles. The number of hydrogen-bond acceptors (Lipinski definition) is 4. The SMILES string of the molecule is CCOc1ccccc1NS(=O)(=O)CCCCNC1CC1. The Labute approximate surface area is 127 Å². The Morgan fingerprint density at radius 1 is 1.24 bits per heavy atom. The van der Waals surface area contributed by atoms with Crippen LogP contribution in [0.3, 0.4) is 0 Å². The van der Waals surface area contributed by atoms with Crippen molar-refractivity contribution >= 4 is 15.7 Å². The summed E-state index contributed by atoms with van der Waals surface area (Å²) >= 11 is 0. The van der Waals surface area contributed by atoms with Crippen molar-refractivity contribution in [3.63, 3.8) is 0 Å². The fourth-order valence-electron chi connectivity index (χ4n) is 2.06. The van der Waals surface area contributed by atoms with Gasteiger partial charge in [0.2, 0.25) is 10.0 Å². The van der Waals surface area contributed by atoms with Crippen LogP contribution in [0.15, 0.2) is 24.3 Å². The zero-order valence-corrected chi connectivity index (χ0v) is 13.3. The first-order valence-corrected chi connectivity index (χ1v) is 9.21. The summed E-state index contributed by atoms with van der Waals surface area (Å²) in [5, 5.41) is 3.38. The predicted molar refractivity (Wildman–Crippen MR) is 85.3 cm³/mol. The molecule has 1 fully saturated rings. The molecule has 0 heterocycles. The normalized spacial score (nSPS) is 14.9. The topological polar surface area (TPSA) is 67.4 Å². The van der Waals surface area contributed by atoms with E-state index < -0.39 is 10.0 Å². The van der Waals surface area contributed by atoms with E-state index in [9.17, 15) is 8.42 Å². The lowest BCUT2D eigenvalue weighted by Crippen LogP contribution is -2.20. The average molecular weight is 312 g/mol. The number of ether oxygens (including phenoxy) is 1. The third-order valence-electron chi connectivity index (χ3n) is 3.30. The van der Waals surface area contributed by atoms with E-state index in [-0.39, 0.29) is 5.75 Å².